The predicted octanol–water partition coefficient (Wildman–Crippen LogP) is 6.12. The lowest BCUT2D eigenvalue weighted by molar-refractivity contribution is -0.104. The highest BCUT2D eigenvalue weighted by Gasteiger charge is 2.26. The molecule has 1 aromatic heterocycles. The van der Waals surface area contributed by atoms with E-state index in [-0.39, 0.29) is 20.7 Å². The fourth-order valence-corrected chi connectivity index (χ4v) is 7.01. The number of allylic oxidation sites excluding steroid dienone is 4. The van der Waals surface area contributed by atoms with E-state index in [0.717, 1.165) is 22.8 Å². The maximum absolute atomic E-state index is 11.2. The number of aldehydes is 1. The van der Waals surface area contributed by atoms with Crippen molar-refractivity contribution in [3.63, 3.8) is 0 Å². The van der Waals surface area contributed by atoms with Crippen molar-refractivity contribution in [2.24, 2.45) is 0 Å². The first-order valence-corrected chi connectivity index (χ1v) is 12.2. The number of hydrogen-bond acceptors (Lipinski definition) is 2. The molecule has 0 amide bonds. The van der Waals surface area contributed by atoms with Crippen molar-refractivity contribution < 1.29 is 4.79 Å². The van der Waals surface area contributed by atoms with Crippen LogP contribution in [0.3, 0.4) is 0 Å². The minimum atomic E-state index is -0.309. The van der Waals surface area contributed by atoms with Gasteiger partial charge in [0.05, 0.1) is 16.7 Å². The van der Waals surface area contributed by atoms with Crippen molar-refractivity contribution in [2.75, 3.05) is 11.4 Å². The highest BCUT2D eigenvalue weighted by molar-refractivity contribution is 14.2. The standard InChI is InChI=1S/C26H19IN2O/c30-17-18-10-12-26-23(27-18)14-15-28(26)20-11-13-25-22(16-20)21-8-4-5-9-24(21)29(25)19-6-2-1-3-7-19/h1-13,16-17H,14-15H2. The van der Waals surface area contributed by atoms with Crippen molar-refractivity contribution >= 4 is 58.0 Å². The molecule has 3 heterocycles. The molecule has 4 heteroatoms. The van der Waals surface area contributed by atoms with Gasteiger partial charge >= 0.3 is 0 Å². The second-order valence-electron chi connectivity index (χ2n) is 7.51. The van der Waals surface area contributed by atoms with Gasteiger partial charge in [0.15, 0.2) is 6.29 Å². The lowest BCUT2D eigenvalue weighted by atomic mass is 10.1. The van der Waals surface area contributed by atoms with Crippen molar-refractivity contribution in [1.29, 1.82) is 0 Å². The van der Waals surface area contributed by atoms with Gasteiger partial charge in [-0.2, -0.15) is 0 Å². The molecule has 0 atom stereocenters. The second-order valence-corrected chi connectivity index (χ2v) is 10.6. The molecule has 0 aliphatic carbocycles. The topological polar surface area (TPSA) is 25.2 Å². The number of benzene rings is 3. The molecular formula is C26H19IN2O. The van der Waals surface area contributed by atoms with E-state index >= 15 is 0 Å². The van der Waals surface area contributed by atoms with Crippen molar-refractivity contribution in [2.45, 2.75) is 6.42 Å². The van der Waals surface area contributed by atoms with Crippen molar-refractivity contribution in [1.82, 2.24) is 4.57 Å². The Kier molecular flexibility index (Phi) is 4.20. The first-order chi connectivity index (χ1) is 14.8. The molecule has 30 heavy (non-hydrogen) atoms. The molecule has 2 aliphatic rings. The minimum Gasteiger partial charge on any atom is -0.341 e. The molecule has 0 saturated carbocycles. The fraction of sp³-hybridized carbons (Fsp3) is 0.0769. The second kappa shape index (κ2) is 7.06. The zero-order valence-corrected chi connectivity index (χ0v) is 18.4. The molecular weight excluding hydrogens is 483 g/mol. The normalized spacial score (nSPS) is 16.0. The van der Waals surface area contributed by atoms with E-state index in [1.165, 1.54) is 42.4 Å². The molecule has 1 saturated heterocycles. The highest BCUT2D eigenvalue weighted by Crippen LogP contribution is 2.38. The van der Waals surface area contributed by atoms with Crippen LogP contribution in [0.5, 0.6) is 0 Å². The van der Waals surface area contributed by atoms with Crippen LogP contribution in [0.1, 0.15) is 6.42 Å². The quantitative estimate of drug-likeness (QED) is 0.249. The SMILES string of the molecule is O=CC1=CC=C2C(=I1)CCN2c1ccc2c(c1)c1ccccc1n2-c1ccccc1. The first kappa shape index (κ1) is 17.8. The molecule has 2 aliphatic heterocycles. The molecule has 146 valence electrons. The number of hydrogen-bond donors (Lipinski definition) is 0. The summed E-state index contributed by atoms with van der Waals surface area (Å²) in [5.74, 6) is 0. The van der Waals surface area contributed by atoms with Crippen LogP contribution in [0.2, 0.25) is 0 Å². The van der Waals surface area contributed by atoms with E-state index in [1.54, 1.807) is 0 Å². The number of fused-ring (bicyclic) bond motifs is 4. The number of carbonyl (C=O) groups is 1. The van der Waals surface area contributed by atoms with Gasteiger partial charge in [-0.3, -0.25) is 4.79 Å². The summed E-state index contributed by atoms with van der Waals surface area (Å²) in [5.41, 5.74) is 6.17. The number of aromatic nitrogens is 1. The van der Waals surface area contributed by atoms with Gasteiger partial charge in [0.1, 0.15) is 0 Å². The van der Waals surface area contributed by atoms with Gasteiger partial charge < -0.3 is 9.47 Å². The van der Waals surface area contributed by atoms with E-state index in [4.69, 9.17) is 0 Å². The summed E-state index contributed by atoms with van der Waals surface area (Å²) in [6.07, 6.45) is 6.23. The van der Waals surface area contributed by atoms with Crippen LogP contribution in [-0.4, -0.2) is 20.9 Å². The summed E-state index contributed by atoms with van der Waals surface area (Å²) in [6, 6.07) is 26.0. The van der Waals surface area contributed by atoms with Gasteiger partial charge in [-0.25, -0.2) is 0 Å². The van der Waals surface area contributed by atoms with Crippen LogP contribution in [0.15, 0.2) is 94.2 Å². The third-order valence-corrected chi connectivity index (χ3v) is 8.82. The van der Waals surface area contributed by atoms with Crippen LogP contribution >= 0.6 is 20.7 Å². The van der Waals surface area contributed by atoms with E-state index in [1.807, 2.05) is 6.08 Å². The summed E-state index contributed by atoms with van der Waals surface area (Å²) in [5, 5.41) is 2.55. The monoisotopic (exact) mass is 502 g/mol. The zero-order valence-electron chi connectivity index (χ0n) is 16.3. The maximum Gasteiger partial charge on any atom is 0.155 e. The number of nitrogens with zero attached hydrogens (tertiary/aromatic N) is 2. The Bertz CT molecular complexity index is 1410. The van der Waals surface area contributed by atoms with Crippen molar-refractivity contribution in [3.8, 4) is 5.69 Å². The molecule has 1 fully saturated rings. The summed E-state index contributed by atoms with van der Waals surface area (Å²) in [7, 11) is 0. The Morgan fingerprint density at radius 2 is 1.60 bits per heavy atom. The Morgan fingerprint density at radius 1 is 0.800 bits per heavy atom. The number of halogens is 1. The van der Waals surface area contributed by atoms with Gasteiger partial charge in [-0.1, -0.05) is 57.1 Å². The lowest BCUT2D eigenvalue weighted by Gasteiger charge is -2.21. The van der Waals surface area contributed by atoms with Gasteiger partial charge in [-0.05, 0) is 55.0 Å². The molecule has 0 spiro atoms. The molecule has 0 radical (unpaired) electrons. The number of rotatable bonds is 3. The number of para-hydroxylation sites is 2. The van der Waals surface area contributed by atoms with E-state index in [0.29, 0.717) is 0 Å². The van der Waals surface area contributed by atoms with Crippen LogP contribution in [0.4, 0.5) is 5.69 Å². The summed E-state index contributed by atoms with van der Waals surface area (Å²) >= 11 is -0.309. The summed E-state index contributed by atoms with van der Waals surface area (Å²) < 4.78 is 4.81. The van der Waals surface area contributed by atoms with Crippen LogP contribution in [0.25, 0.3) is 27.5 Å². The average molecular weight is 502 g/mol. The maximum atomic E-state index is 11.2. The van der Waals surface area contributed by atoms with Crippen molar-refractivity contribution in [3.05, 3.63) is 94.2 Å². The summed E-state index contributed by atoms with van der Waals surface area (Å²) in [4.78, 5) is 13.6. The molecule has 0 bridgehead atoms. The molecule has 6 rings (SSSR count). The molecule has 4 aromatic rings. The minimum absolute atomic E-state index is 0.309. The van der Waals surface area contributed by atoms with E-state index in [2.05, 4.69) is 88.3 Å². The molecule has 0 N–H and O–H groups in total. The fourth-order valence-electron chi connectivity index (χ4n) is 4.52. The van der Waals surface area contributed by atoms with E-state index in [9.17, 15) is 4.79 Å². The Morgan fingerprint density at radius 3 is 2.47 bits per heavy atom. The van der Waals surface area contributed by atoms with Gasteiger partial charge in [-0.15, -0.1) is 0 Å². The highest BCUT2D eigenvalue weighted by atomic mass is 127. The third kappa shape index (κ3) is 2.70. The van der Waals surface area contributed by atoms with Crippen LogP contribution < -0.4 is 4.90 Å². The van der Waals surface area contributed by atoms with Crippen LogP contribution in [-0.2, 0) is 4.79 Å². The number of anilines is 1. The third-order valence-electron chi connectivity index (χ3n) is 5.84. The Hall–Kier alpha value is -2.99. The molecule has 3 nitrogen and oxygen atoms in total. The molecule has 3 aromatic carbocycles. The lowest BCUT2D eigenvalue weighted by Crippen LogP contribution is -2.17. The van der Waals surface area contributed by atoms with Gasteiger partial charge in [0, 0.05) is 35.8 Å². The average Bonchev–Trinajstić information content (AvgIpc) is 3.38. The first-order valence-electron chi connectivity index (χ1n) is 10.1. The predicted molar refractivity (Wildman–Crippen MR) is 134 cm³/mol. The molecule has 0 unspecified atom stereocenters. The van der Waals surface area contributed by atoms with Gasteiger partial charge in [0.25, 0.3) is 0 Å². The largest absolute Gasteiger partial charge is 0.341 e. The summed E-state index contributed by atoms with van der Waals surface area (Å²) in [6.45, 7) is 0.990. The number of carbonyl (C=O) groups excluding carboxylic acids is 1. The zero-order chi connectivity index (χ0) is 20.1. The Balaban J connectivity index is 1.54. The van der Waals surface area contributed by atoms with Crippen LogP contribution in [0, 0.1) is 0 Å². The van der Waals surface area contributed by atoms with Gasteiger partial charge in [0.2, 0.25) is 0 Å². The van der Waals surface area contributed by atoms with E-state index < -0.39 is 0 Å². The Labute approximate surface area is 184 Å². The smallest absolute Gasteiger partial charge is 0.155 e.